The Bertz CT molecular complexity index is 279. The first-order chi connectivity index (χ1) is 7.30. The summed E-state index contributed by atoms with van der Waals surface area (Å²) in [7, 11) is 0. The molecule has 16 heavy (non-hydrogen) atoms. The molecule has 0 spiro atoms. The zero-order valence-corrected chi connectivity index (χ0v) is 10.2. The van der Waals surface area contributed by atoms with Gasteiger partial charge in [0.15, 0.2) is 0 Å². The molecule has 0 aliphatic heterocycles. The van der Waals surface area contributed by atoms with Gasteiger partial charge in [-0.1, -0.05) is 20.8 Å². The number of carbonyl (C=O) groups is 2. The molecule has 1 aliphatic carbocycles. The highest BCUT2D eigenvalue weighted by Gasteiger charge is 2.28. The van der Waals surface area contributed by atoms with Gasteiger partial charge < -0.3 is 16.4 Å². The lowest BCUT2D eigenvalue weighted by Crippen LogP contribution is -2.50. The maximum Gasteiger partial charge on any atom is 0.239 e. The van der Waals surface area contributed by atoms with E-state index in [2.05, 4.69) is 10.6 Å². The third kappa shape index (κ3) is 4.18. The van der Waals surface area contributed by atoms with E-state index in [1.54, 1.807) is 0 Å². The van der Waals surface area contributed by atoms with Gasteiger partial charge in [-0.3, -0.25) is 9.59 Å². The molecule has 0 aromatic heterocycles. The van der Waals surface area contributed by atoms with E-state index in [0.717, 1.165) is 12.8 Å². The summed E-state index contributed by atoms with van der Waals surface area (Å²) < 4.78 is 0. The van der Waals surface area contributed by atoms with Crippen molar-refractivity contribution in [1.82, 2.24) is 10.6 Å². The van der Waals surface area contributed by atoms with Crippen LogP contribution in [0.2, 0.25) is 0 Å². The van der Waals surface area contributed by atoms with Gasteiger partial charge in [-0.15, -0.1) is 0 Å². The monoisotopic (exact) mass is 227 g/mol. The lowest BCUT2D eigenvalue weighted by atomic mass is 9.87. The number of carbonyl (C=O) groups excluding carboxylic acids is 2. The number of nitrogens with two attached hydrogens (primary N) is 1. The Labute approximate surface area is 96.1 Å². The molecule has 4 N–H and O–H groups in total. The fourth-order valence-electron chi connectivity index (χ4n) is 1.18. The van der Waals surface area contributed by atoms with E-state index in [9.17, 15) is 9.59 Å². The SMILES string of the molecule is CC(C)(C)[C@H](N)C(=O)NCC(=O)NC1CC1. The van der Waals surface area contributed by atoms with Crippen molar-refractivity contribution < 1.29 is 9.59 Å². The molecule has 0 bridgehead atoms. The first kappa shape index (κ1) is 13.0. The molecule has 0 radical (unpaired) electrons. The van der Waals surface area contributed by atoms with Crippen molar-refractivity contribution in [3.05, 3.63) is 0 Å². The molecular formula is C11H21N3O2. The molecule has 0 aromatic rings. The Kier molecular flexibility index (Phi) is 3.91. The quantitative estimate of drug-likeness (QED) is 0.619. The van der Waals surface area contributed by atoms with Gasteiger partial charge in [0.25, 0.3) is 0 Å². The van der Waals surface area contributed by atoms with Crippen LogP contribution in [-0.4, -0.2) is 30.4 Å². The van der Waals surface area contributed by atoms with Crippen LogP contribution in [-0.2, 0) is 9.59 Å². The lowest BCUT2D eigenvalue weighted by molar-refractivity contribution is -0.128. The standard InChI is InChI=1S/C11H21N3O2/c1-11(2,3)9(12)10(16)13-6-8(15)14-7-4-5-7/h7,9H,4-6,12H2,1-3H3,(H,13,16)(H,14,15)/t9-/m1/s1. The first-order valence-electron chi connectivity index (χ1n) is 5.63. The predicted molar refractivity (Wildman–Crippen MR) is 61.6 cm³/mol. The van der Waals surface area contributed by atoms with E-state index in [1.165, 1.54) is 0 Å². The summed E-state index contributed by atoms with van der Waals surface area (Å²) in [6.45, 7) is 5.68. The van der Waals surface area contributed by atoms with Crippen LogP contribution in [0.3, 0.4) is 0 Å². The minimum Gasteiger partial charge on any atom is -0.352 e. The van der Waals surface area contributed by atoms with E-state index >= 15 is 0 Å². The normalized spacial score (nSPS) is 17.8. The van der Waals surface area contributed by atoms with Gasteiger partial charge in [-0.05, 0) is 18.3 Å². The minimum absolute atomic E-state index is 0.0130. The second-order valence-corrected chi connectivity index (χ2v) is 5.40. The molecule has 2 amide bonds. The van der Waals surface area contributed by atoms with Gasteiger partial charge in [0.1, 0.15) is 0 Å². The van der Waals surface area contributed by atoms with E-state index in [0.29, 0.717) is 6.04 Å². The highest BCUT2D eigenvalue weighted by Crippen LogP contribution is 2.18. The highest BCUT2D eigenvalue weighted by molar-refractivity contribution is 5.87. The summed E-state index contributed by atoms with van der Waals surface area (Å²) in [6, 6.07) is -0.276. The van der Waals surface area contributed by atoms with Crippen LogP contribution in [0.15, 0.2) is 0 Å². The fourth-order valence-corrected chi connectivity index (χ4v) is 1.18. The van der Waals surface area contributed by atoms with Crippen molar-refractivity contribution in [2.45, 2.75) is 45.7 Å². The number of amides is 2. The predicted octanol–water partition coefficient (Wildman–Crippen LogP) is -0.245. The van der Waals surface area contributed by atoms with Gasteiger partial charge in [0, 0.05) is 6.04 Å². The number of hydrogen-bond acceptors (Lipinski definition) is 3. The van der Waals surface area contributed by atoms with Crippen LogP contribution in [0.25, 0.3) is 0 Å². The number of rotatable bonds is 4. The topological polar surface area (TPSA) is 84.2 Å². The van der Waals surface area contributed by atoms with Crippen molar-refractivity contribution in [2.24, 2.45) is 11.1 Å². The first-order valence-corrected chi connectivity index (χ1v) is 5.63. The summed E-state index contributed by atoms with van der Waals surface area (Å²) in [5.41, 5.74) is 5.46. The maximum absolute atomic E-state index is 11.6. The molecule has 5 nitrogen and oxygen atoms in total. The van der Waals surface area contributed by atoms with Crippen LogP contribution in [0.5, 0.6) is 0 Å². The molecule has 0 heterocycles. The average molecular weight is 227 g/mol. The zero-order chi connectivity index (χ0) is 12.3. The molecule has 1 fully saturated rings. The molecule has 1 saturated carbocycles. The number of hydrogen-bond donors (Lipinski definition) is 3. The van der Waals surface area contributed by atoms with Crippen molar-refractivity contribution >= 4 is 11.8 Å². The molecule has 1 rings (SSSR count). The minimum atomic E-state index is -0.596. The molecular weight excluding hydrogens is 206 g/mol. The Hall–Kier alpha value is -1.10. The Balaban J connectivity index is 2.25. The van der Waals surface area contributed by atoms with Gasteiger partial charge >= 0.3 is 0 Å². The molecule has 0 saturated heterocycles. The smallest absolute Gasteiger partial charge is 0.239 e. The van der Waals surface area contributed by atoms with E-state index in [-0.39, 0.29) is 23.8 Å². The third-order valence-corrected chi connectivity index (χ3v) is 2.58. The Morgan fingerprint density at radius 2 is 1.94 bits per heavy atom. The molecule has 0 unspecified atom stereocenters. The van der Waals surface area contributed by atoms with Crippen molar-refractivity contribution in [3.8, 4) is 0 Å². The van der Waals surface area contributed by atoms with Gasteiger partial charge in [-0.2, -0.15) is 0 Å². The molecule has 92 valence electrons. The van der Waals surface area contributed by atoms with Crippen LogP contribution >= 0.6 is 0 Å². The zero-order valence-electron chi connectivity index (χ0n) is 10.2. The van der Waals surface area contributed by atoms with Crippen LogP contribution in [0.1, 0.15) is 33.6 Å². The van der Waals surface area contributed by atoms with Gasteiger partial charge in [0.05, 0.1) is 12.6 Å². The second kappa shape index (κ2) is 4.82. The maximum atomic E-state index is 11.6. The summed E-state index contributed by atoms with van der Waals surface area (Å²) in [5, 5.41) is 5.34. The molecule has 1 aliphatic rings. The fraction of sp³-hybridized carbons (Fsp3) is 0.818. The van der Waals surface area contributed by atoms with Crippen LogP contribution in [0, 0.1) is 5.41 Å². The number of nitrogens with one attached hydrogen (secondary N) is 2. The highest BCUT2D eigenvalue weighted by atomic mass is 16.2. The summed E-state index contributed by atoms with van der Waals surface area (Å²) in [5.74, 6) is -0.421. The van der Waals surface area contributed by atoms with Crippen molar-refractivity contribution in [1.29, 1.82) is 0 Å². The average Bonchev–Trinajstić information content (AvgIpc) is 2.95. The van der Waals surface area contributed by atoms with E-state index in [4.69, 9.17) is 5.73 Å². The Morgan fingerprint density at radius 3 is 2.38 bits per heavy atom. The third-order valence-electron chi connectivity index (χ3n) is 2.58. The molecule has 0 aromatic carbocycles. The Morgan fingerprint density at radius 1 is 1.38 bits per heavy atom. The van der Waals surface area contributed by atoms with Gasteiger partial charge in [0.2, 0.25) is 11.8 Å². The largest absolute Gasteiger partial charge is 0.352 e. The van der Waals surface area contributed by atoms with Gasteiger partial charge in [-0.25, -0.2) is 0 Å². The van der Waals surface area contributed by atoms with E-state index < -0.39 is 6.04 Å². The molecule has 1 atom stereocenters. The van der Waals surface area contributed by atoms with Crippen molar-refractivity contribution in [2.75, 3.05) is 6.54 Å². The van der Waals surface area contributed by atoms with Crippen LogP contribution in [0.4, 0.5) is 0 Å². The second-order valence-electron chi connectivity index (χ2n) is 5.40. The van der Waals surface area contributed by atoms with E-state index in [1.807, 2.05) is 20.8 Å². The molecule has 5 heteroatoms. The van der Waals surface area contributed by atoms with Crippen molar-refractivity contribution in [3.63, 3.8) is 0 Å². The summed E-state index contributed by atoms with van der Waals surface area (Å²) in [6.07, 6.45) is 2.09. The summed E-state index contributed by atoms with van der Waals surface area (Å²) in [4.78, 5) is 22.9. The lowest BCUT2D eigenvalue weighted by Gasteiger charge is -2.25. The van der Waals surface area contributed by atoms with Crippen LogP contribution < -0.4 is 16.4 Å². The summed E-state index contributed by atoms with van der Waals surface area (Å²) >= 11 is 0.